The van der Waals surface area contributed by atoms with Crippen LogP contribution in [0.25, 0.3) is 87.5 Å². The molecule has 3 heteroatoms. The van der Waals surface area contributed by atoms with Gasteiger partial charge in [-0.3, -0.25) is 0 Å². The Hall–Kier alpha value is -6.16. The van der Waals surface area contributed by atoms with Crippen molar-refractivity contribution in [3.8, 4) is 67.3 Å². The predicted molar refractivity (Wildman–Crippen MR) is 220 cm³/mol. The van der Waals surface area contributed by atoms with E-state index in [0.717, 1.165) is 33.9 Å². The van der Waals surface area contributed by atoms with E-state index in [9.17, 15) is 0 Å². The zero-order valence-corrected chi connectivity index (χ0v) is 29.8. The molecule has 2 heterocycles. The normalized spacial score (nSPS) is 13.0. The van der Waals surface area contributed by atoms with Crippen LogP contribution in [0.4, 0.5) is 0 Å². The number of hydrogen-bond acceptors (Lipinski definition) is 3. The van der Waals surface area contributed by atoms with Gasteiger partial charge in [-0.15, -0.1) is 11.3 Å². The van der Waals surface area contributed by atoms with Crippen LogP contribution in [0.1, 0.15) is 25.0 Å². The van der Waals surface area contributed by atoms with Gasteiger partial charge in [-0.1, -0.05) is 159 Å². The van der Waals surface area contributed by atoms with Crippen molar-refractivity contribution in [2.45, 2.75) is 19.3 Å². The van der Waals surface area contributed by atoms with E-state index in [0.29, 0.717) is 0 Å². The summed E-state index contributed by atoms with van der Waals surface area (Å²) in [4.78, 5) is 10.4. The third-order valence-corrected chi connectivity index (χ3v) is 11.9. The summed E-state index contributed by atoms with van der Waals surface area (Å²) in [7, 11) is 0. The van der Waals surface area contributed by atoms with Crippen molar-refractivity contribution in [3.05, 3.63) is 181 Å². The number of rotatable bonds is 5. The van der Waals surface area contributed by atoms with Gasteiger partial charge in [-0.25, -0.2) is 9.97 Å². The molecule has 0 atom stereocenters. The number of nitrogens with zero attached hydrogens (tertiary/aromatic N) is 2. The predicted octanol–water partition coefficient (Wildman–Crippen LogP) is 13.5. The van der Waals surface area contributed by atoms with Crippen LogP contribution in [0.15, 0.2) is 170 Å². The van der Waals surface area contributed by atoms with Gasteiger partial charge in [0.05, 0.1) is 11.4 Å². The van der Waals surface area contributed by atoms with Gasteiger partial charge in [0.1, 0.15) is 0 Å². The summed E-state index contributed by atoms with van der Waals surface area (Å²) in [5, 5.41) is 2.50. The van der Waals surface area contributed by atoms with Crippen molar-refractivity contribution in [1.29, 1.82) is 0 Å². The molecule has 2 aromatic heterocycles. The first-order valence-corrected chi connectivity index (χ1v) is 18.6. The molecule has 0 amide bonds. The summed E-state index contributed by atoms with van der Waals surface area (Å²) in [6, 6.07) is 61.1. The summed E-state index contributed by atoms with van der Waals surface area (Å²) in [6.45, 7) is 4.69. The van der Waals surface area contributed by atoms with Crippen molar-refractivity contribution >= 4 is 31.5 Å². The molecule has 52 heavy (non-hydrogen) atoms. The number of hydrogen-bond donors (Lipinski definition) is 0. The Kier molecular flexibility index (Phi) is 7.06. The van der Waals surface area contributed by atoms with Crippen LogP contribution < -0.4 is 0 Å². The van der Waals surface area contributed by atoms with E-state index in [2.05, 4.69) is 172 Å². The Morgan fingerprint density at radius 1 is 0.423 bits per heavy atom. The first-order chi connectivity index (χ1) is 25.5. The Morgan fingerprint density at radius 3 is 1.71 bits per heavy atom. The molecule has 9 aromatic rings. The molecule has 0 saturated heterocycles. The first-order valence-electron chi connectivity index (χ1n) is 17.8. The van der Waals surface area contributed by atoms with Crippen molar-refractivity contribution in [3.63, 3.8) is 0 Å². The highest BCUT2D eigenvalue weighted by atomic mass is 32.1. The Morgan fingerprint density at radius 2 is 0.981 bits per heavy atom. The van der Waals surface area contributed by atoms with E-state index in [1.54, 1.807) is 0 Å². The maximum Gasteiger partial charge on any atom is 0.161 e. The fourth-order valence-corrected chi connectivity index (χ4v) is 9.29. The van der Waals surface area contributed by atoms with E-state index < -0.39 is 0 Å². The van der Waals surface area contributed by atoms with E-state index in [1.807, 2.05) is 23.5 Å². The van der Waals surface area contributed by atoms with E-state index in [1.165, 1.54) is 64.7 Å². The summed E-state index contributed by atoms with van der Waals surface area (Å²) >= 11 is 1.82. The molecule has 1 aliphatic carbocycles. The standard InChI is InChI=1S/C49H34N2S/c1-49(2)41-19-11-9-17-37(41)38-26-25-35(29-42(38)49)31-21-23-32(24-22-31)36-27-28-40(47-46(36)39-18-10-12-20-45(39)52-47)48-50-43(33-13-5-3-6-14-33)30-44(51-48)34-15-7-4-8-16-34/h3-30H,1-2H3. The van der Waals surface area contributed by atoms with E-state index in [-0.39, 0.29) is 5.41 Å². The summed E-state index contributed by atoms with van der Waals surface area (Å²) in [5.41, 5.74) is 15.4. The van der Waals surface area contributed by atoms with Gasteiger partial charge >= 0.3 is 0 Å². The van der Waals surface area contributed by atoms with Crippen LogP contribution in [0.3, 0.4) is 0 Å². The van der Waals surface area contributed by atoms with Gasteiger partial charge in [0, 0.05) is 42.3 Å². The Labute approximate surface area is 307 Å². The molecule has 246 valence electrons. The second-order valence-electron chi connectivity index (χ2n) is 14.2. The summed E-state index contributed by atoms with van der Waals surface area (Å²) in [6.07, 6.45) is 0. The molecule has 10 rings (SSSR count). The third-order valence-electron chi connectivity index (χ3n) is 10.7. The topological polar surface area (TPSA) is 25.8 Å². The fourth-order valence-electron chi connectivity index (χ4n) is 8.05. The molecule has 0 aliphatic heterocycles. The van der Waals surface area contributed by atoms with E-state index in [4.69, 9.17) is 9.97 Å². The van der Waals surface area contributed by atoms with Crippen LogP contribution in [-0.4, -0.2) is 9.97 Å². The summed E-state index contributed by atoms with van der Waals surface area (Å²) in [5.74, 6) is 0.736. The highest BCUT2D eigenvalue weighted by molar-refractivity contribution is 7.26. The SMILES string of the molecule is CC1(C)c2ccccc2-c2ccc(-c3ccc(-c4ccc(-c5nc(-c6ccccc6)cc(-c6ccccc6)n5)c5sc6ccccc6c45)cc3)cc21. The highest BCUT2D eigenvalue weighted by Crippen LogP contribution is 2.50. The molecular formula is C49H34N2S. The van der Waals surface area contributed by atoms with Gasteiger partial charge in [0.25, 0.3) is 0 Å². The van der Waals surface area contributed by atoms with Gasteiger partial charge in [0.15, 0.2) is 5.82 Å². The number of fused-ring (bicyclic) bond motifs is 6. The molecule has 0 saturated carbocycles. The molecule has 7 aromatic carbocycles. The maximum atomic E-state index is 5.21. The first kappa shape index (κ1) is 30.6. The molecule has 0 spiro atoms. The lowest BCUT2D eigenvalue weighted by molar-refractivity contribution is 0.660. The lowest BCUT2D eigenvalue weighted by atomic mass is 9.81. The van der Waals surface area contributed by atoms with Crippen LogP contribution in [0.5, 0.6) is 0 Å². The molecule has 0 unspecified atom stereocenters. The largest absolute Gasteiger partial charge is 0.228 e. The Balaban J connectivity index is 1.10. The molecule has 0 fully saturated rings. The average Bonchev–Trinajstić information content (AvgIpc) is 3.71. The number of aromatic nitrogens is 2. The van der Waals surface area contributed by atoms with Gasteiger partial charge in [0.2, 0.25) is 0 Å². The monoisotopic (exact) mass is 682 g/mol. The van der Waals surface area contributed by atoms with Crippen molar-refractivity contribution < 1.29 is 0 Å². The third kappa shape index (κ3) is 4.92. The van der Waals surface area contributed by atoms with Crippen molar-refractivity contribution in [1.82, 2.24) is 9.97 Å². The zero-order chi connectivity index (χ0) is 34.8. The van der Waals surface area contributed by atoms with Crippen molar-refractivity contribution in [2.75, 3.05) is 0 Å². The minimum Gasteiger partial charge on any atom is -0.228 e. The quantitative estimate of drug-likeness (QED) is 0.181. The van der Waals surface area contributed by atoms with Crippen LogP contribution in [-0.2, 0) is 5.41 Å². The van der Waals surface area contributed by atoms with Crippen molar-refractivity contribution in [2.24, 2.45) is 0 Å². The molecule has 0 N–H and O–H groups in total. The van der Waals surface area contributed by atoms with Crippen LogP contribution in [0.2, 0.25) is 0 Å². The molecule has 0 radical (unpaired) electrons. The summed E-state index contributed by atoms with van der Waals surface area (Å²) < 4.78 is 2.46. The lowest BCUT2D eigenvalue weighted by Gasteiger charge is -2.22. The lowest BCUT2D eigenvalue weighted by Crippen LogP contribution is -2.14. The van der Waals surface area contributed by atoms with Gasteiger partial charge < -0.3 is 0 Å². The Bertz CT molecular complexity index is 2740. The molecular weight excluding hydrogens is 649 g/mol. The van der Waals surface area contributed by atoms with Gasteiger partial charge in [-0.05, 0) is 68.8 Å². The minimum absolute atomic E-state index is 0.0264. The smallest absolute Gasteiger partial charge is 0.161 e. The van der Waals surface area contributed by atoms with Gasteiger partial charge in [-0.2, -0.15) is 0 Å². The second-order valence-corrected chi connectivity index (χ2v) is 15.2. The average molecular weight is 683 g/mol. The second kappa shape index (κ2) is 12.0. The zero-order valence-electron chi connectivity index (χ0n) is 29.0. The maximum absolute atomic E-state index is 5.21. The van der Waals surface area contributed by atoms with Crippen LogP contribution in [0, 0.1) is 0 Å². The minimum atomic E-state index is -0.0264. The number of benzene rings is 7. The highest BCUT2D eigenvalue weighted by Gasteiger charge is 2.35. The molecule has 2 nitrogen and oxygen atoms in total. The number of thiophene rings is 1. The fraction of sp³-hybridized carbons (Fsp3) is 0.0612. The molecule has 1 aliphatic rings. The molecule has 0 bridgehead atoms. The van der Waals surface area contributed by atoms with Crippen LogP contribution >= 0.6 is 11.3 Å². The van der Waals surface area contributed by atoms with E-state index >= 15 is 0 Å².